The van der Waals surface area contributed by atoms with E-state index in [1.807, 2.05) is 19.1 Å². The summed E-state index contributed by atoms with van der Waals surface area (Å²) in [5, 5.41) is 3.41. The predicted octanol–water partition coefficient (Wildman–Crippen LogP) is 3.69. The fraction of sp³-hybridized carbons (Fsp3) is 0.421. The Morgan fingerprint density at radius 3 is 2.77 bits per heavy atom. The minimum Gasteiger partial charge on any atom is -0.371 e. The number of amides is 1. The molecule has 1 fully saturated rings. The van der Waals surface area contributed by atoms with E-state index in [-0.39, 0.29) is 16.7 Å². The van der Waals surface area contributed by atoms with Gasteiger partial charge in [-0.1, -0.05) is 25.4 Å². The van der Waals surface area contributed by atoms with E-state index >= 15 is 0 Å². The first-order valence-electron chi connectivity index (χ1n) is 8.87. The van der Waals surface area contributed by atoms with Crippen LogP contribution in [-0.2, 0) is 6.42 Å². The number of rotatable bonds is 5. The van der Waals surface area contributed by atoms with Gasteiger partial charge in [0, 0.05) is 24.5 Å². The molecule has 0 spiro atoms. The van der Waals surface area contributed by atoms with Crippen molar-refractivity contribution in [1.29, 1.82) is 0 Å². The molecule has 1 aromatic carbocycles. The number of benzene rings is 1. The third-order valence-electron chi connectivity index (χ3n) is 4.71. The van der Waals surface area contributed by atoms with E-state index < -0.39 is 5.91 Å². The van der Waals surface area contributed by atoms with Gasteiger partial charge in [-0.2, -0.15) is 0 Å². The summed E-state index contributed by atoms with van der Waals surface area (Å²) in [6.45, 7) is 8.42. The number of aryl methyl sites for hydroxylation is 2. The number of aromatic nitrogens is 2. The maximum Gasteiger partial charge on any atom is 0.271 e. The summed E-state index contributed by atoms with van der Waals surface area (Å²) in [5.41, 5.74) is 9.33. The first-order valence-corrected chi connectivity index (χ1v) is 9.25. The second kappa shape index (κ2) is 7.50. The van der Waals surface area contributed by atoms with Crippen LogP contribution >= 0.6 is 11.6 Å². The zero-order valence-electron chi connectivity index (χ0n) is 15.3. The first kappa shape index (κ1) is 18.5. The van der Waals surface area contributed by atoms with Gasteiger partial charge in [0.1, 0.15) is 0 Å². The molecule has 1 amide bonds. The summed E-state index contributed by atoms with van der Waals surface area (Å²) >= 11 is 6.16. The third-order valence-corrected chi connectivity index (χ3v) is 5.01. The lowest BCUT2D eigenvalue weighted by atomic mass is 10.1. The van der Waals surface area contributed by atoms with Gasteiger partial charge in [-0.05, 0) is 49.4 Å². The van der Waals surface area contributed by atoms with Crippen molar-refractivity contribution < 1.29 is 4.79 Å². The molecule has 1 aliphatic heterocycles. The van der Waals surface area contributed by atoms with E-state index in [1.165, 1.54) is 12.1 Å². The van der Waals surface area contributed by atoms with Gasteiger partial charge in [0.05, 0.1) is 5.69 Å². The second-order valence-corrected chi connectivity index (χ2v) is 7.20. The molecule has 0 radical (unpaired) electrons. The van der Waals surface area contributed by atoms with E-state index in [2.05, 4.69) is 40.1 Å². The average Bonchev–Trinajstić information content (AvgIpc) is 3.01. The van der Waals surface area contributed by atoms with Crippen molar-refractivity contribution in [3.8, 4) is 0 Å². The van der Waals surface area contributed by atoms with Gasteiger partial charge in [-0.15, -0.1) is 0 Å². The highest BCUT2D eigenvalue weighted by molar-refractivity contribution is 6.30. The van der Waals surface area contributed by atoms with Gasteiger partial charge < -0.3 is 16.0 Å². The maximum absolute atomic E-state index is 11.7. The molecule has 1 aromatic heterocycles. The quantitative estimate of drug-likeness (QED) is 0.834. The van der Waals surface area contributed by atoms with Crippen LogP contribution in [0.3, 0.4) is 0 Å². The number of nitrogens with two attached hydrogens (primary N) is 1. The Morgan fingerprint density at radius 1 is 1.42 bits per heavy atom. The molecule has 0 aliphatic carbocycles. The van der Waals surface area contributed by atoms with Crippen LogP contribution in [-0.4, -0.2) is 29.0 Å². The number of carbonyl (C=O) groups is 1. The molecular weight excluding hydrogens is 350 g/mol. The van der Waals surface area contributed by atoms with Crippen molar-refractivity contribution in [3.63, 3.8) is 0 Å². The topological polar surface area (TPSA) is 84.1 Å². The molecule has 1 unspecified atom stereocenters. The molecule has 26 heavy (non-hydrogen) atoms. The highest BCUT2D eigenvalue weighted by atomic mass is 35.5. The minimum absolute atomic E-state index is 0.0985. The molecule has 1 atom stereocenters. The number of halogens is 1. The molecule has 3 rings (SSSR count). The summed E-state index contributed by atoms with van der Waals surface area (Å²) in [5.74, 6) is 0.368. The summed E-state index contributed by atoms with van der Waals surface area (Å²) in [6.07, 6.45) is 1.80. The summed E-state index contributed by atoms with van der Waals surface area (Å²) in [4.78, 5) is 22.7. The fourth-order valence-electron chi connectivity index (χ4n) is 3.31. The van der Waals surface area contributed by atoms with Crippen molar-refractivity contribution in [2.75, 3.05) is 23.3 Å². The van der Waals surface area contributed by atoms with Gasteiger partial charge >= 0.3 is 0 Å². The Labute approximate surface area is 158 Å². The Balaban J connectivity index is 1.88. The van der Waals surface area contributed by atoms with Crippen molar-refractivity contribution in [2.24, 2.45) is 11.7 Å². The molecule has 3 N–H and O–H groups in total. The van der Waals surface area contributed by atoms with Crippen LogP contribution in [0.25, 0.3) is 0 Å². The van der Waals surface area contributed by atoms with Crippen LogP contribution < -0.4 is 16.0 Å². The molecule has 1 aliphatic rings. The molecule has 138 valence electrons. The van der Waals surface area contributed by atoms with E-state index in [0.717, 1.165) is 30.3 Å². The lowest BCUT2D eigenvalue weighted by Gasteiger charge is -2.21. The number of carbonyl (C=O) groups excluding carboxylic acids is 1. The molecule has 2 heterocycles. The van der Waals surface area contributed by atoms with Gasteiger partial charge in [-0.3, -0.25) is 4.79 Å². The van der Waals surface area contributed by atoms with Crippen LogP contribution in [0.4, 0.5) is 17.2 Å². The van der Waals surface area contributed by atoms with E-state index in [1.54, 1.807) is 0 Å². The average molecular weight is 374 g/mol. The number of hydrogen-bond acceptors (Lipinski definition) is 5. The van der Waals surface area contributed by atoms with Crippen LogP contribution in [0.2, 0.25) is 5.15 Å². The molecule has 0 saturated carbocycles. The van der Waals surface area contributed by atoms with Crippen LogP contribution in [0, 0.1) is 12.8 Å². The molecule has 1 saturated heterocycles. The second-order valence-electron chi connectivity index (χ2n) is 6.84. The van der Waals surface area contributed by atoms with Crippen LogP contribution in [0.1, 0.15) is 42.0 Å². The molecular formula is C19H24ClN5O. The molecule has 6 nitrogen and oxygen atoms in total. The Kier molecular flexibility index (Phi) is 5.32. The zero-order chi connectivity index (χ0) is 18.8. The zero-order valence-corrected chi connectivity index (χ0v) is 16.1. The number of nitrogens with zero attached hydrogens (tertiary/aromatic N) is 3. The number of nitrogens with one attached hydrogen (secondary N) is 1. The maximum atomic E-state index is 11.7. The van der Waals surface area contributed by atoms with Crippen LogP contribution in [0.15, 0.2) is 18.2 Å². The summed E-state index contributed by atoms with van der Waals surface area (Å²) < 4.78 is 0. The summed E-state index contributed by atoms with van der Waals surface area (Å²) in [7, 11) is 0. The number of primary amides is 1. The Bertz CT molecular complexity index is 839. The van der Waals surface area contributed by atoms with Crippen molar-refractivity contribution in [1.82, 2.24) is 9.97 Å². The molecule has 7 heteroatoms. The standard InChI is InChI=1S/C19H24ClN5O/c1-4-14-17(20)24-19(16(23-14)18(21)26)22-13-5-6-15(12(3)9-13)25-8-7-11(2)10-25/h5-6,9,11H,4,7-8,10H2,1-3H3,(H2,21,26)(H,22,24). The van der Waals surface area contributed by atoms with Crippen molar-refractivity contribution >= 4 is 34.7 Å². The normalized spacial score (nSPS) is 16.8. The fourth-order valence-corrected chi connectivity index (χ4v) is 3.57. The lowest BCUT2D eigenvalue weighted by molar-refractivity contribution is 0.0996. The minimum atomic E-state index is -0.634. The number of anilines is 3. The van der Waals surface area contributed by atoms with E-state index in [0.29, 0.717) is 12.1 Å². The third kappa shape index (κ3) is 3.75. The van der Waals surface area contributed by atoms with Gasteiger partial charge in [0.2, 0.25) is 0 Å². The SMILES string of the molecule is CCc1nc(C(N)=O)c(Nc2ccc(N3CCC(C)C3)c(C)c2)nc1Cl. The Morgan fingerprint density at radius 2 is 2.19 bits per heavy atom. The number of hydrogen-bond donors (Lipinski definition) is 2. The highest BCUT2D eigenvalue weighted by Gasteiger charge is 2.21. The first-order chi connectivity index (χ1) is 12.4. The van der Waals surface area contributed by atoms with Gasteiger partial charge in [0.25, 0.3) is 5.91 Å². The molecule has 2 aromatic rings. The monoisotopic (exact) mass is 373 g/mol. The van der Waals surface area contributed by atoms with Crippen molar-refractivity contribution in [3.05, 3.63) is 40.3 Å². The Hall–Kier alpha value is -2.34. The lowest BCUT2D eigenvalue weighted by Crippen LogP contribution is -2.20. The summed E-state index contributed by atoms with van der Waals surface area (Å²) in [6, 6.07) is 6.10. The molecule has 0 bridgehead atoms. The van der Waals surface area contributed by atoms with Crippen molar-refractivity contribution in [2.45, 2.75) is 33.6 Å². The largest absolute Gasteiger partial charge is 0.371 e. The van der Waals surface area contributed by atoms with E-state index in [4.69, 9.17) is 17.3 Å². The van der Waals surface area contributed by atoms with Gasteiger partial charge in [0.15, 0.2) is 16.7 Å². The smallest absolute Gasteiger partial charge is 0.271 e. The van der Waals surface area contributed by atoms with E-state index in [9.17, 15) is 4.79 Å². The highest BCUT2D eigenvalue weighted by Crippen LogP contribution is 2.30. The van der Waals surface area contributed by atoms with Crippen LogP contribution in [0.5, 0.6) is 0 Å². The van der Waals surface area contributed by atoms with Gasteiger partial charge in [-0.25, -0.2) is 9.97 Å². The predicted molar refractivity (Wildman–Crippen MR) is 105 cm³/mol.